The maximum Gasteiger partial charge on any atom is 0.490 e. The second-order valence-electron chi connectivity index (χ2n) is 9.87. The molecule has 0 bridgehead atoms. The van der Waals surface area contributed by atoms with E-state index in [0.717, 1.165) is 65.0 Å². The summed E-state index contributed by atoms with van der Waals surface area (Å²) in [7, 11) is 0. The van der Waals surface area contributed by atoms with Crippen molar-refractivity contribution >= 4 is 11.9 Å². The Morgan fingerprint density at radius 1 is 1.14 bits per heavy atom. The highest BCUT2D eigenvalue weighted by Gasteiger charge is 2.44. The molecule has 0 aromatic heterocycles. The predicted octanol–water partition coefficient (Wildman–Crippen LogP) is 2.74. The van der Waals surface area contributed by atoms with Gasteiger partial charge in [0.05, 0.1) is 18.8 Å². The zero-order valence-electron chi connectivity index (χ0n) is 19.7. The molecule has 0 saturated carbocycles. The molecular weight excluding hydrogens is 469 g/mol. The number of carbonyl (C=O) groups excluding carboxylic acids is 1. The van der Waals surface area contributed by atoms with Crippen molar-refractivity contribution in [1.29, 1.82) is 0 Å². The van der Waals surface area contributed by atoms with Crippen LogP contribution in [0.4, 0.5) is 13.2 Å². The number of hydrogen-bond acceptors (Lipinski definition) is 6. The van der Waals surface area contributed by atoms with Crippen LogP contribution in [-0.4, -0.2) is 94.7 Å². The van der Waals surface area contributed by atoms with Crippen molar-refractivity contribution in [2.75, 3.05) is 39.3 Å². The van der Waals surface area contributed by atoms with Crippen molar-refractivity contribution in [3.63, 3.8) is 0 Å². The van der Waals surface area contributed by atoms with Crippen molar-refractivity contribution in [2.45, 2.75) is 51.0 Å². The summed E-state index contributed by atoms with van der Waals surface area (Å²) in [5.74, 6) is -2.14. The van der Waals surface area contributed by atoms with Crippen molar-refractivity contribution in [1.82, 2.24) is 9.80 Å². The number of ether oxygens (including phenoxy) is 1. The Morgan fingerprint density at radius 2 is 1.74 bits per heavy atom. The highest BCUT2D eigenvalue weighted by molar-refractivity contribution is 5.94. The Balaban J connectivity index is 0.000000429. The summed E-state index contributed by atoms with van der Waals surface area (Å²) in [6.45, 7) is 7.12. The first-order valence-corrected chi connectivity index (χ1v) is 11.8. The van der Waals surface area contributed by atoms with E-state index < -0.39 is 12.1 Å². The van der Waals surface area contributed by atoms with E-state index in [2.05, 4.69) is 11.8 Å². The molecule has 11 heteroatoms. The first-order valence-electron chi connectivity index (χ1n) is 11.8. The molecule has 3 aliphatic rings. The van der Waals surface area contributed by atoms with E-state index in [1.54, 1.807) is 24.3 Å². The van der Waals surface area contributed by atoms with Crippen LogP contribution in [0.1, 0.15) is 43.0 Å². The Kier molecular flexibility index (Phi) is 8.66. The largest absolute Gasteiger partial charge is 0.508 e. The third kappa shape index (κ3) is 7.31. The monoisotopic (exact) mass is 502 g/mol. The average molecular weight is 503 g/mol. The number of amides is 1. The number of aromatic hydroxyl groups is 1. The van der Waals surface area contributed by atoms with Crippen LogP contribution in [0.2, 0.25) is 0 Å². The fourth-order valence-electron chi connectivity index (χ4n) is 4.90. The summed E-state index contributed by atoms with van der Waals surface area (Å²) in [5, 5.41) is 26.6. The molecule has 4 rings (SSSR count). The lowest BCUT2D eigenvalue weighted by Crippen LogP contribution is -2.46. The van der Waals surface area contributed by atoms with Gasteiger partial charge >= 0.3 is 12.1 Å². The molecule has 1 unspecified atom stereocenters. The molecule has 196 valence electrons. The highest BCUT2D eigenvalue weighted by Crippen LogP contribution is 2.42. The number of carbonyl (C=O) groups is 2. The molecule has 35 heavy (non-hydrogen) atoms. The number of rotatable bonds is 3. The molecule has 0 aliphatic carbocycles. The smallest absolute Gasteiger partial charge is 0.490 e. The van der Waals surface area contributed by atoms with Gasteiger partial charge in [-0.3, -0.25) is 9.69 Å². The van der Waals surface area contributed by atoms with Crippen LogP contribution in [0.25, 0.3) is 0 Å². The molecule has 1 aromatic carbocycles. The Morgan fingerprint density at radius 3 is 2.29 bits per heavy atom. The van der Waals surface area contributed by atoms with Gasteiger partial charge in [-0.25, -0.2) is 4.79 Å². The number of β-amino-alcohol motifs (C(OH)–C–C–N with tert-alkyl or cyclic N) is 1. The number of hydrogen-bond donors (Lipinski definition) is 3. The van der Waals surface area contributed by atoms with E-state index >= 15 is 0 Å². The Bertz CT molecular complexity index is 871. The molecule has 3 saturated heterocycles. The minimum absolute atomic E-state index is 0.0433. The minimum Gasteiger partial charge on any atom is -0.508 e. The number of alkyl halides is 3. The molecule has 0 radical (unpaired) electrons. The van der Waals surface area contributed by atoms with E-state index in [-0.39, 0.29) is 29.3 Å². The molecule has 1 aromatic rings. The van der Waals surface area contributed by atoms with E-state index in [4.69, 9.17) is 14.6 Å². The van der Waals surface area contributed by atoms with E-state index in [1.807, 2.05) is 4.90 Å². The SMILES string of the molecule is C[C@@H]1CCN(CC2CC3(CCN(C(=O)c4ccc(O)cc4)CC3)CO2)C[C@H]1O.O=C(O)C(F)(F)F. The molecule has 1 amide bonds. The maximum absolute atomic E-state index is 12.7. The highest BCUT2D eigenvalue weighted by atomic mass is 19.4. The fraction of sp³-hybridized carbons (Fsp3) is 0.667. The second kappa shape index (κ2) is 11.1. The second-order valence-corrected chi connectivity index (χ2v) is 9.87. The topological polar surface area (TPSA) is 111 Å². The van der Waals surface area contributed by atoms with Gasteiger partial charge in [-0.1, -0.05) is 6.92 Å². The van der Waals surface area contributed by atoms with Gasteiger partial charge in [0.25, 0.3) is 5.91 Å². The summed E-state index contributed by atoms with van der Waals surface area (Å²) in [6, 6.07) is 6.49. The number of nitrogens with zero attached hydrogens (tertiary/aromatic N) is 2. The number of phenols is 1. The Labute approximate surface area is 202 Å². The van der Waals surface area contributed by atoms with E-state index in [0.29, 0.717) is 11.5 Å². The van der Waals surface area contributed by atoms with Crippen LogP contribution in [0.15, 0.2) is 24.3 Å². The van der Waals surface area contributed by atoms with Gasteiger partial charge in [0.1, 0.15) is 5.75 Å². The summed E-state index contributed by atoms with van der Waals surface area (Å²) in [5.41, 5.74) is 0.824. The number of likely N-dealkylation sites (tertiary alicyclic amines) is 2. The van der Waals surface area contributed by atoms with Crippen LogP contribution in [0, 0.1) is 11.3 Å². The zero-order chi connectivity index (χ0) is 25.8. The number of benzene rings is 1. The third-order valence-electron chi connectivity index (χ3n) is 7.22. The predicted molar refractivity (Wildman–Crippen MR) is 120 cm³/mol. The number of aliphatic hydroxyl groups is 1. The lowest BCUT2D eigenvalue weighted by molar-refractivity contribution is -0.192. The van der Waals surface area contributed by atoms with Gasteiger partial charge in [-0.15, -0.1) is 0 Å². The number of carboxylic acid groups (broad SMARTS) is 1. The fourth-order valence-corrected chi connectivity index (χ4v) is 4.90. The molecule has 3 aliphatic heterocycles. The molecule has 3 atom stereocenters. The summed E-state index contributed by atoms with van der Waals surface area (Å²) >= 11 is 0. The molecule has 3 fully saturated rings. The van der Waals surface area contributed by atoms with Crippen LogP contribution in [-0.2, 0) is 9.53 Å². The first kappa shape index (κ1) is 27.2. The molecule has 3 N–H and O–H groups in total. The van der Waals surface area contributed by atoms with Gasteiger partial charge in [-0.2, -0.15) is 13.2 Å². The van der Waals surface area contributed by atoms with Crippen molar-refractivity contribution in [3.05, 3.63) is 29.8 Å². The van der Waals surface area contributed by atoms with E-state index in [9.17, 15) is 28.2 Å². The average Bonchev–Trinajstić information content (AvgIpc) is 3.18. The number of halogens is 3. The van der Waals surface area contributed by atoms with Crippen molar-refractivity contribution in [2.24, 2.45) is 11.3 Å². The Hall–Kier alpha value is -2.37. The van der Waals surface area contributed by atoms with Crippen molar-refractivity contribution in [3.8, 4) is 5.75 Å². The zero-order valence-corrected chi connectivity index (χ0v) is 19.7. The molecule has 1 spiro atoms. The van der Waals surface area contributed by atoms with Crippen molar-refractivity contribution < 1.29 is 42.8 Å². The van der Waals surface area contributed by atoms with Gasteiger partial charge < -0.3 is 25.0 Å². The molecule has 8 nitrogen and oxygen atoms in total. The summed E-state index contributed by atoms with van der Waals surface area (Å²) in [4.78, 5) is 25.8. The lowest BCUT2D eigenvalue weighted by atomic mass is 9.76. The van der Waals surface area contributed by atoms with Crippen LogP contribution >= 0.6 is 0 Å². The number of carboxylic acids is 1. The van der Waals surface area contributed by atoms with Gasteiger partial charge in [0.15, 0.2) is 0 Å². The summed E-state index contributed by atoms with van der Waals surface area (Å²) < 4.78 is 37.9. The van der Waals surface area contributed by atoms with Gasteiger partial charge in [0, 0.05) is 31.7 Å². The minimum atomic E-state index is -5.08. The van der Waals surface area contributed by atoms with Crippen LogP contribution in [0.3, 0.4) is 0 Å². The van der Waals surface area contributed by atoms with Crippen LogP contribution in [0.5, 0.6) is 5.75 Å². The van der Waals surface area contributed by atoms with Gasteiger partial charge in [-0.05, 0) is 67.8 Å². The lowest BCUT2D eigenvalue weighted by Gasteiger charge is -2.39. The third-order valence-corrected chi connectivity index (χ3v) is 7.22. The normalized spacial score (nSPS) is 26.8. The molecule has 3 heterocycles. The maximum atomic E-state index is 12.7. The summed E-state index contributed by atoms with van der Waals surface area (Å²) in [6.07, 6.45) is -1.01. The quantitative estimate of drug-likeness (QED) is 0.583. The van der Waals surface area contributed by atoms with Crippen LogP contribution < -0.4 is 0 Å². The van der Waals surface area contributed by atoms with Gasteiger partial charge in [0.2, 0.25) is 0 Å². The van der Waals surface area contributed by atoms with E-state index in [1.165, 1.54) is 0 Å². The molecular formula is C24H33F3N2O6. The standard InChI is InChI=1S/C22H32N2O4.C2HF3O2/c1-16-6-9-23(14-20(16)26)13-19-12-22(15-28-19)7-10-24(11-8-22)21(27)17-2-4-18(25)5-3-17;3-2(4,5)1(6)7/h2-5,16,19-20,25-26H,6-15H2,1H3;(H,6,7)/t16-,19?,20-;/m1./s1. The number of phenolic OH excluding ortho intramolecular Hbond substituents is 1. The number of aliphatic hydroxyl groups excluding tert-OH is 1. The number of aliphatic carboxylic acids is 1. The first-order chi connectivity index (χ1) is 16.4. The number of piperidine rings is 2.